The van der Waals surface area contributed by atoms with Crippen molar-refractivity contribution in [2.75, 3.05) is 26.4 Å². The summed E-state index contributed by atoms with van der Waals surface area (Å²) in [7, 11) is 0. The van der Waals surface area contributed by atoms with Crippen LogP contribution in [0.2, 0.25) is 0 Å². The summed E-state index contributed by atoms with van der Waals surface area (Å²) in [6, 6.07) is -25.4. The monoisotopic (exact) mass is 1610 g/mol. The first-order chi connectivity index (χ1) is 44.1. The third-order valence-electron chi connectivity index (χ3n) is 13.8. The predicted octanol–water partition coefficient (Wildman–Crippen LogP) is 15.7. The van der Waals surface area contributed by atoms with Gasteiger partial charge in [-0.15, -0.1) is 0 Å². The molecule has 0 radical (unpaired) electrons. The minimum Gasteiger partial charge on any atom is -0.344 e. The van der Waals surface area contributed by atoms with Crippen LogP contribution in [-0.2, 0) is 66.1 Å². The average Bonchev–Trinajstić information content (AvgIpc) is 0.694. The minimum atomic E-state index is -8.37. The molecule has 0 amide bonds. The molecule has 0 saturated carbocycles. The molecule has 4 aromatic rings. The van der Waals surface area contributed by atoms with Gasteiger partial charge in [0.15, 0.2) is 0 Å². The molecule has 0 saturated heterocycles. The molecule has 0 aliphatic carbocycles. The van der Waals surface area contributed by atoms with Gasteiger partial charge in [-0.2, -0.15) is 233 Å². The number of ether oxygens (including phenoxy) is 4. The van der Waals surface area contributed by atoms with Crippen molar-refractivity contribution in [2.24, 2.45) is 0 Å². The summed E-state index contributed by atoms with van der Waals surface area (Å²) in [5.41, 5.74) is -81.6. The molecule has 0 bridgehead atoms. The Labute approximate surface area is 551 Å². The van der Waals surface area contributed by atoms with E-state index in [0.717, 1.165) is 0 Å². The van der Waals surface area contributed by atoms with Gasteiger partial charge in [-0.3, -0.25) is 0 Å². The molecule has 0 aromatic heterocycles. The topological polar surface area (TPSA) is 36.9 Å². The standard InChI is InChI=1S/C48H20BF48O4.Na/c50-29(51,52)13-98-33(41(74,75)76,42(77,78)79)17-1-21(37(62,63)64)9-25(5-17)49(26-6-18(2-22(10-26)38(65,66)67)34(43(80,81)82,44(83,84)85)99-14-30(53,54)55,27-7-19(3-23(11-27)39(68,69)70)35(45(86,87)88,46(89,90)91)100-15-31(56,57)58)28-8-20(4-24(12-28)40(71,72)73)36(47(92,93)94,48(95,96)97)101-16-32(59,60)61;/h1-12H,13-16H2;/q-1;+1. The molecule has 54 heteroatoms. The maximum Gasteiger partial charge on any atom is 1.00 e. The van der Waals surface area contributed by atoms with Crippen LogP contribution in [0.3, 0.4) is 0 Å². The maximum absolute atomic E-state index is 15.5. The van der Waals surface area contributed by atoms with Crippen molar-refractivity contribution in [3.05, 3.63) is 117 Å². The van der Waals surface area contributed by atoms with Crippen LogP contribution >= 0.6 is 0 Å². The number of alkyl halides is 48. The van der Waals surface area contributed by atoms with Crippen molar-refractivity contribution in [2.45, 2.75) is 121 Å². The van der Waals surface area contributed by atoms with E-state index in [1.807, 2.05) is 0 Å². The van der Waals surface area contributed by atoms with Crippen molar-refractivity contribution < 1.29 is 259 Å². The second-order valence-electron chi connectivity index (χ2n) is 20.6. The third-order valence-corrected chi connectivity index (χ3v) is 13.8. The maximum atomic E-state index is 15.5. The Kier molecular flexibility index (Phi) is 24.3. The van der Waals surface area contributed by atoms with Gasteiger partial charge in [0, 0.05) is 0 Å². The van der Waals surface area contributed by atoms with Gasteiger partial charge in [0.2, 0.25) is 0 Å². The van der Waals surface area contributed by atoms with Gasteiger partial charge in [0.05, 0.1) is 22.3 Å². The molecule has 0 spiro atoms. The SMILES string of the molecule is FC(F)(F)COC(c1cc([B-](c2cc(C(F)(F)F)cc(C(OCC(F)(F)F)(C(F)(F)F)C(F)(F)F)c2)(c2cc(C(F)(F)F)cc(C(OCC(F)(F)F)(C(F)(F)F)C(F)(F)F)c2)c2cc(C(F)(F)F)cc(C(OCC(F)(F)F)(C(F)(F)F)C(F)(F)F)c2)cc(C(F)(F)F)c1)(C(F)(F)F)C(F)(F)F.[Na+]. The van der Waals surface area contributed by atoms with Gasteiger partial charge in [-0.05, 0) is 46.5 Å². The first kappa shape index (κ1) is 90.6. The van der Waals surface area contributed by atoms with Crippen molar-refractivity contribution >= 4 is 28.0 Å². The van der Waals surface area contributed by atoms with E-state index < -0.39 is 293 Å². The number of hydrogen-bond donors (Lipinski definition) is 0. The zero-order chi connectivity index (χ0) is 79.6. The second-order valence-corrected chi connectivity index (χ2v) is 20.6. The molecule has 4 rings (SSSR count). The Morgan fingerprint density at radius 3 is 0.402 bits per heavy atom. The first-order valence-electron chi connectivity index (χ1n) is 24.5. The van der Waals surface area contributed by atoms with Crippen LogP contribution in [0.1, 0.15) is 44.5 Å². The molecular weight excluding hydrogens is 1590 g/mol. The van der Waals surface area contributed by atoms with Crippen LogP contribution in [0, 0.1) is 0 Å². The van der Waals surface area contributed by atoms with Crippen molar-refractivity contribution in [1.82, 2.24) is 0 Å². The number of rotatable bonds is 16. The van der Waals surface area contributed by atoms with E-state index in [4.69, 9.17) is 0 Å². The molecule has 576 valence electrons. The van der Waals surface area contributed by atoms with Gasteiger partial charge in [0.1, 0.15) is 32.6 Å². The van der Waals surface area contributed by atoms with E-state index in [1.165, 1.54) is 0 Å². The Hall–Kier alpha value is -5.58. The summed E-state index contributed by atoms with van der Waals surface area (Å²) in [5, 5.41) is 0. The van der Waals surface area contributed by atoms with Crippen LogP contribution in [0.5, 0.6) is 0 Å². The molecule has 4 nitrogen and oxygen atoms in total. The van der Waals surface area contributed by atoms with Crippen LogP contribution in [-0.4, -0.2) is 107 Å². The molecule has 0 aliphatic rings. The Bertz CT molecular complexity index is 3040. The number of halogens is 48. The van der Waals surface area contributed by atoms with E-state index in [-0.39, 0.29) is 29.6 Å². The van der Waals surface area contributed by atoms with Gasteiger partial charge >= 0.3 is 128 Å². The molecule has 0 fully saturated rings. The number of hydrogen-bond acceptors (Lipinski definition) is 4. The van der Waals surface area contributed by atoms with Crippen LogP contribution in [0.15, 0.2) is 72.8 Å². The predicted molar refractivity (Wildman–Crippen MR) is 233 cm³/mol. The average molecular weight is 1610 g/mol. The number of benzene rings is 4. The molecule has 0 heterocycles. The van der Waals surface area contributed by atoms with Gasteiger partial charge in [-0.1, -0.05) is 48.5 Å². The van der Waals surface area contributed by atoms with Crippen LogP contribution < -0.4 is 51.4 Å². The summed E-state index contributed by atoms with van der Waals surface area (Å²) in [4.78, 5) is 0. The van der Waals surface area contributed by atoms with Crippen LogP contribution in [0.25, 0.3) is 0 Å². The first-order valence-corrected chi connectivity index (χ1v) is 24.5. The third kappa shape index (κ3) is 17.9. The fourth-order valence-electron chi connectivity index (χ4n) is 9.93. The fraction of sp³-hybridized carbons (Fsp3) is 0.500. The largest absolute Gasteiger partial charge is 1.00 e. The van der Waals surface area contributed by atoms with E-state index in [1.54, 1.807) is 0 Å². The normalized spacial score (nSPS) is 15.3. The van der Waals surface area contributed by atoms with Gasteiger partial charge in [0.25, 0.3) is 22.4 Å². The minimum absolute atomic E-state index is 0. The summed E-state index contributed by atoms with van der Waals surface area (Å²) in [6.45, 7) is -17.6. The van der Waals surface area contributed by atoms with Crippen molar-refractivity contribution in [1.29, 1.82) is 0 Å². The Morgan fingerprint density at radius 2 is 0.304 bits per heavy atom. The molecule has 0 unspecified atom stereocenters. The van der Waals surface area contributed by atoms with Gasteiger partial charge in [-0.25, -0.2) is 0 Å². The Balaban J connectivity index is 0.0000270. The summed E-state index contributed by atoms with van der Waals surface area (Å²) >= 11 is 0. The molecule has 0 N–H and O–H groups in total. The molecular formula is C48H20BF48NaO4. The second kappa shape index (κ2) is 27.3. The Morgan fingerprint density at radius 1 is 0.186 bits per heavy atom. The quantitative estimate of drug-likeness (QED) is 0.0828. The van der Waals surface area contributed by atoms with Crippen molar-refractivity contribution in [3.63, 3.8) is 0 Å². The summed E-state index contributed by atoms with van der Waals surface area (Å²) in [6.07, 6.45) is -133. The van der Waals surface area contributed by atoms with E-state index in [2.05, 4.69) is 18.9 Å². The molecule has 0 aliphatic heterocycles. The summed E-state index contributed by atoms with van der Waals surface area (Å²) in [5.74, 6) is 0. The zero-order valence-electron chi connectivity index (χ0n) is 47.1. The van der Waals surface area contributed by atoms with E-state index >= 15 is 158 Å². The summed E-state index contributed by atoms with van der Waals surface area (Å²) < 4.78 is 732. The molecule has 102 heavy (non-hydrogen) atoms. The van der Waals surface area contributed by atoms with Gasteiger partial charge < -0.3 is 18.9 Å². The van der Waals surface area contributed by atoms with Crippen molar-refractivity contribution in [3.8, 4) is 0 Å². The van der Waals surface area contributed by atoms with E-state index in [9.17, 15) is 52.7 Å². The zero-order valence-corrected chi connectivity index (χ0v) is 49.1. The van der Waals surface area contributed by atoms with E-state index in [0.29, 0.717) is 0 Å². The van der Waals surface area contributed by atoms with Crippen LogP contribution in [0.4, 0.5) is 211 Å². The fourth-order valence-corrected chi connectivity index (χ4v) is 9.93. The smallest absolute Gasteiger partial charge is 0.344 e. The molecule has 4 aromatic carbocycles. The molecule has 0 atom stereocenters.